The van der Waals surface area contributed by atoms with Gasteiger partial charge in [0.15, 0.2) is 18.2 Å². The Morgan fingerprint density at radius 1 is 1.10 bits per heavy atom. The third-order valence-electron chi connectivity index (χ3n) is 4.12. The van der Waals surface area contributed by atoms with E-state index in [1.165, 1.54) is 12.1 Å². The molecule has 3 aromatic rings. The highest BCUT2D eigenvalue weighted by atomic mass is 19.4. The number of hydrogen-bond acceptors (Lipinski definition) is 4. The van der Waals surface area contributed by atoms with Gasteiger partial charge in [0, 0.05) is 25.7 Å². The molecule has 3 rings (SSSR count). The van der Waals surface area contributed by atoms with Gasteiger partial charge >= 0.3 is 6.18 Å². The van der Waals surface area contributed by atoms with Gasteiger partial charge in [-0.1, -0.05) is 18.2 Å². The lowest BCUT2D eigenvalue weighted by Crippen LogP contribution is -2.38. The molecule has 0 fully saturated rings. The van der Waals surface area contributed by atoms with Crippen LogP contribution in [-0.2, 0) is 13.0 Å². The number of aliphatic imine (C=N–C) groups is 1. The molecular weight excluding hydrogens is 397 g/mol. The topological polar surface area (TPSA) is 75.8 Å². The number of aromatic nitrogens is 3. The summed E-state index contributed by atoms with van der Waals surface area (Å²) in [5, 5.41) is 14.7. The molecule has 160 valence electrons. The van der Waals surface area contributed by atoms with Crippen LogP contribution < -0.4 is 15.4 Å². The van der Waals surface area contributed by atoms with E-state index in [1.807, 2.05) is 35.7 Å². The van der Waals surface area contributed by atoms with Crippen molar-refractivity contribution in [2.75, 3.05) is 19.7 Å². The summed E-state index contributed by atoms with van der Waals surface area (Å²) in [5.41, 5.74) is 1.66. The highest BCUT2D eigenvalue weighted by molar-refractivity contribution is 5.79. The highest BCUT2D eigenvalue weighted by Crippen LogP contribution is 2.19. The monoisotopic (exact) mass is 420 g/mol. The maximum absolute atomic E-state index is 12.2. The minimum absolute atomic E-state index is 0.172. The number of benzene rings is 1. The second-order valence-corrected chi connectivity index (χ2v) is 6.46. The summed E-state index contributed by atoms with van der Waals surface area (Å²) in [5.74, 6) is 1.66. The zero-order valence-corrected chi connectivity index (χ0v) is 16.5. The minimum Gasteiger partial charge on any atom is -0.484 e. The summed E-state index contributed by atoms with van der Waals surface area (Å²) in [6.45, 7) is 2.36. The molecule has 2 heterocycles. The summed E-state index contributed by atoms with van der Waals surface area (Å²) in [6.07, 6.45) is -1.76. The lowest BCUT2D eigenvalue weighted by molar-refractivity contribution is -0.153. The van der Waals surface area contributed by atoms with Crippen molar-refractivity contribution in [1.82, 2.24) is 25.2 Å². The van der Waals surface area contributed by atoms with E-state index in [4.69, 9.17) is 4.74 Å². The average Bonchev–Trinajstić information content (AvgIpc) is 3.14. The average molecular weight is 420 g/mol. The van der Waals surface area contributed by atoms with E-state index >= 15 is 0 Å². The first kappa shape index (κ1) is 21.4. The first-order valence-electron chi connectivity index (χ1n) is 9.54. The molecule has 0 atom stereocenters. The van der Waals surface area contributed by atoms with Gasteiger partial charge in [-0.25, -0.2) is 4.99 Å². The first-order chi connectivity index (χ1) is 14.4. The molecule has 0 aliphatic carbocycles. The Kier molecular flexibility index (Phi) is 7.10. The third-order valence-corrected chi connectivity index (χ3v) is 4.12. The van der Waals surface area contributed by atoms with E-state index in [2.05, 4.69) is 25.8 Å². The molecule has 0 saturated carbocycles. The van der Waals surface area contributed by atoms with Crippen LogP contribution in [0.3, 0.4) is 0 Å². The Bertz CT molecular complexity index is 969. The van der Waals surface area contributed by atoms with Crippen LogP contribution in [0, 0.1) is 0 Å². The number of fused-ring (bicyclic) bond motifs is 1. The zero-order valence-electron chi connectivity index (χ0n) is 16.5. The number of rotatable bonds is 8. The second-order valence-electron chi connectivity index (χ2n) is 6.46. The van der Waals surface area contributed by atoms with Crippen LogP contribution in [0.4, 0.5) is 13.2 Å². The lowest BCUT2D eigenvalue weighted by atomic mass is 10.2. The van der Waals surface area contributed by atoms with E-state index in [0.717, 1.165) is 17.0 Å². The SMILES string of the molecule is CCNC(=NCc1ccc(OCC(F)(F)F)cc1)NCCc1nnc2ccccn12. The van der Waals surface area contributed by atoms with Crippen molar-refractivity contribution in [2.45, 2.75) is 26.1 Å². The Labute approximate surface area is 172 Å². The van der Waals surface area contributed by atoms with E-state index in [9.17, 15) is 13.2 Å². The molecule has 7 nitrogen and oxygen atoms in total. The minimum atomic E-state index is -4.35. The number of nitrogens with zero attached hydrogens (tertiary/aromatic N) is 4. The normalized spacial score (nSPS) is 12.2. The van der Waals surface area contributed by atoms with Crippen LogP contribution in [0.25, 0.3) is 5.65 Å². The van der Waals surface area contributed by atoms with E-state index in [0.29, 0.717) is 32.0 Å². The summed E-state index contributed by atoms with van der Waals surface area (Å²) >= 11 is 0. The molecule has 0 radical (unpaired) electrons. The largest absolute Gasteiger partial charge is 0.484 e. The van der Waals surface area contributed by atoms with Gasteiger partial charge in [0.25, 0.3) is 0 Å². The van der Waals surface area contributed by atoms with Gasteiger partial charge in [0.2, 0.25) is 0 Å². The fourth-order valence-electron chi connectivity index (χ4n) is 2.72. The van der Waals surface area contributed by atoms with E-state index in [-0.39, 0.29) is 5.75 Å². The Morgan fingerprint density at radius 2 is 1.90 bits per heavy atom. The van der Waals surface area contributed by atoms with Gasteiger partial charge in [-0.05, 0) is 36.8 Å². The van der Waals surface area contributed by atoms with Gasteiger partial charge in [-0.15, -0.1) is 10.2 Å². The van der Waals surface area contributed by atoms with Crippen molar-refractivity contribution in [3.63, 3.8) is 0 Å². The molecule has 0 bridgehead atoms. The molecular formula is C20H23F3N6O. The molecule has 1 aromatic carbocycles. The van der Waals surface area contributed by atoms with Crippen molar-refractivity contribution >= 4 is 11.6 Å². The molecule has 0 aliphatic rings. The molecule has 0 spiro atoms. The van der Waals surface area contributed by atoms with Crippen LogP contribution in [0.5, 0.6) is 5.75 Å². The van der Waals surface area contributed by atoms with Crippen molar-refractivity contribution in [1.29, 1.82) is 0 Å². The molecule has 2 N–H and O–H groups in total. The first-order valence-corrected chi connectivity index (χ1v) is 9.54. The molecule has 0 saturated heterocycles. The van der Waals surface area contributed by atoms with Crippen molar-refractivity contribution in [3.8, 4) is 5.75 Å². The smallest absolute Gasteiger partial charge is 0.422 e. The van der Waals surface area contributed by atoms with Crippen LogP contribution >= 0.6 is 0 Å². The predicted molar refractivity (Wildman–Crippen MR) is 108 cm³/mol. The third kappa shape index (κ3) is 6.36. The zero-order chi connectivity index (χ0) is 21.4. The summed E-state index contributed by atoms with van der Waals surface area (Å²) in [4.78, 5) is 4.51. The number of guanidine groups is 1. The Hall–Kier alpha value is -3.30. The maximum Gasteiger partial charge on any atom is 0.422 e. The second kappa shape index (κ2) is 9.95. The van der Waals surface area contributed by atoms with Crippen LogP contribution in [0.1, 0.15) is 18.3 Å². The van der Waals surface area contributed by atoms with Crippen LogP contribution in [0.15, 0.2) is 53.7 Å². The standard InChI is InChI=1S/C20H23F3N6O/c1-2-24-19(25-11-10-18-28-27-17-5-3-4-12-29(17)18)26-13-15-6-8-16(9-7-15)30-14-20(21,22)23/h3-9,12H,2,10-11,13-14H2,1H3,(H2,24,25,26). The highest BCUT2D eigenvalue weighted by Gasteiger charge is 2.28. The number of halogens is 3. The fraction of sp³-hybridized carbons (Fsp3) is 0.350. The lowest BCUT2D eigenvalue weighted by Gasteiger charge is -2.11. The van der Waals surface area contributed by atoms with Gasteiger partial charge in [0.1, 0.15) is 11.6 Å². The number of pyridine rings is 1. The van der Waals surface area contributed by atoms with E-state index < -0.39 is 12.8 Å². The molecule has 30 heavy (non-hydrogen) atoms. The number of ether oxygens (including phenoxy) is 1. The van der Waals surface area contributed by atoms with Crippen LogP contribution in [-0.4, -0.2) is 46.4 Å². The van der Waals surface area contributed by atoms with Gasteiger partial charge in [0.05, 0.1) is 6.54 Å². The van der Waals surface area contributed by atoms with Crippen molar-refractivity contribution in [3.05, 3.63) is 60.0 Å². The van der Waals surface area contributed by atoms with Crippen molar-refractivity contribution in [2.24, 2.45) is 4.99 Å². The van der Waals surface area contributed by atoms with Crippen molar-refractivity contribution < 1.29 is 17.9 Å². The maximum atomic E-state index is 12.2. The Morgan fingerprint density at radius 3 is 2.63 bits per heavy atom. The van der Waals surface area contributed by atoms with Gasteiger partial charge < -0.3 is 15.4 Å². The molecule has 0 amide bonds. The summed E-state index contributed by atoms with van der Waals surface area (Å²) < 4.78 is 43.3. The van der Waals surface area contributed by atoms with E-state index in [1.54, 1.807) is 12.1 Å². The van der Waals surface area contributed by atoms with Gasteiger partial charge in [-0.2, -0.15) is 13.2 Å². The Balaban J connectivity index is 1.52. The van der Waals surface area contributed by atoms with Crippen LogP contribution in [0.2, 0.25) is 0 Å². The molecule has 0 aliphatic heterocycles. The summed E-state index contributed by atoms with van der Waals surface area (Å²) in [7, 11) is 0. The predicted octanol–water partition coefficient (Wildman–Crippen LogP) is 2.97. The van der Waals surface area contributed by atoms with Gasteiger partial charge in [-0.3, -0.25) is 4.40 Å². The number of hydrogen-bond donors (Lipinski definition) is 2. The summed E-state index contributed by atoms with van der Waals surface area (Å²) in [6, 6.07) is 12.1. The fourth-order valence-corrected chi connectivity index (χ4v) is 2.72. The molecule has 0 unspecified atom stereocenters. The quantitative estimate of drug-likeness (QED) is 0.433. The number of alkyl halides is 3. The number of nitrogens with one attached hydrogen (secondary N) is 2. The molecule has 2 aromatic heterocycles. The molecule has 10 heteroatoms.